The third-order valence-corrected chi connectivity index (χ3v) is 4.71. The van der Waals surface area contributed by atoms with Gasteiger partial charge in [0, 0.05) is 24.9 Å². The summed E-state index contributed by atoms with van der Waals surface area (Å²) in [5, 5.41) is 12.1. The number of nitrogens with zero attached hydrogens (tertiary/aromatic N) is 1. The summed E-state index contributed by atoms with van der Waals surface area (Å²) in [6.45, 7) is 3.20. The Kier molecular flexibility index (Phi) is 9.03. The number of hydrogen-bond donors (Lipinski definition) is 1. The molecule has 31 heavy (non-hydrogen) atoms. The number of fused-ring (bicyclic) bond motifs is 1. The van der Waals surface area contributed by atoms with E-state index >= 15 is 0 Å². The van der Waals surface area contributed by atoms with Gasteiger partial charge in [0.05, 0.1) is 27.4 Å². The molecular weight excluding hydrogens is 422 g/mol. The first kappa shape index (κ1) is 24.4. The summed E-state index contributed by atoms with van der Waals surface area (Å²) in [6.07, 6.45) is 4.01. The Hall–Kier alpha value is -2.90. The number of phenolic OH excluding ortho intramolecular Hbond substituents is 1. The number of methoxy groups -OCH3 is 3. The summed E-state index contributed by atoms with van der Waals surface area (Å²) in [5.74, 6) is 2.24. The molecule has 0 aliphatic heterocycles. The van der Waals surface area contributed by atoms with Crippen LogP contribution in [0.25, 0.3) is 10.8 Å². The molecule has 0 aliphatic carbocycles. The lowest BCUT2D eigenvalue weighted by molar-refractivity contribution is 0.142. The monoisotopic (exact) mass is 449 g/mol. The smallest absolute Gasteiger partial charge is 0.203 e. The number of rotatable bonds is 10. The van der Waals surface area contributed by atoms with Gasteiger partial charge in [0.15, 0.2) is 23.0 Å². The van der Waals surface area contributed by atoms with Crippen LogP contribution in [0.1, 0.15) is 18.1 Å². The van der Waals surface area contributed by atoms with E-state index in [0.717, 1.165) is 16.5 Å². The van der Waals surface area contributed by atoms with Gasteiger partial charge in [0.2, 0.25) is 5.75 Å². The Labute approximate surface area is 188 Å². The lowest BCUT2D eigenvalue weighted by Crippen LogP contribution is -2.07. The van der Waals surface area contributed by atoms with Gasteiger partial charge in [0.1, 0.15) is 6.61 Å². The molecule has 0 saturated carbocycles. The van der Waals surface area contributed by atoms with Crippen LogP contribution in [0.3, 0.4) is 0 Å². The highest BCUT2D eigenvalue weighted by Crippen LogP contribution is 2.40. The number of pyridine rings is 1. The van der Waals surface area contributed by atoms with Crippen LogP contribution in [0.2, 0.25) is 0 Å². The van der Waals surface area contributed by atoms with Gasteiger partial charge in [-0.1, -0.05) is 6.07 Å². The van der Waals surface area contributed by atoms with Crippen molar-refractivity contribution in [2.45, 2.75) is 13.3 Å². The molecule has 7 nitrogen and oxygen atoms in total. The molecule has 0 fully saturated rings. The first-order valence-corrected chi connectivity index (χ1v) is 9.70. The quantitative estimate of drug-likeness (QED) is 0.459. The zero-order chi connectivity index (χ0) is 21.5. The Balaban J connectivity index is 0.00000341. The summed E-state index contributed by atoms with van der Waals surface area (Å²) in [4.78, 5) is 4.31. The van der Waals surface area contributed by atoms with E-state index < -0.39 is 0 Å². The molecule has 0 atom stereocenters. The van der Waals surface area contributed by atoms with Crippen molar-refractivity contribution < 1.29 is 28.8 Å². The van der Waals surface area contributed by atoms with E-state index in [4.69, 9.17) is 23.7 Å². The van der Waals surface area contributed by atoms with Crippen molar-refractivity contribution in [3.63, 3.8) is 0 Å². The molecule has 0 unspecified atom stereocenters. The van der Waals surface area contributed by atoms with Gasteiger partial charge >= 0.3 is 0 Å². The fourth-order valence-corrected chi connectivity index (χ4v) is 3.31. The maximum Gasteiger partial charge on any atom is 0.203 e. The highest BCUT2D eigenvalue weighted by Gasteiger charge is 2.16. The predicted molar refractivity (Wildman–Crippen MR) is 122 cm³/mol. The molecule has 1 heterocycles. The molecule has 3 rings (SSSR count). The molecule has 0 spiro atoms. The second kappa shape index (κ2) is 11.5. The van der Waals surface area contributed by atoms with Gasteiger partial charge in [-0.05, 0) is 48.1 Å². The van der Waals surface area contributed by atoms with Crippen LogP contribution in [0.15, 0.2) is 36.7 Å². The Bertz CT molecular complexity index is 986. The third kappa shape index (κ3) is 5.42. The number of aromatic hydroxyl groups is 1. The molecule has 3 aromatic rings. The topological polar surface area (TPSA) is 79.3 Å². The summed E-state index contributed by atoms with van der Waals surface area (Å²) < 4.78 is 27.4. The molecule has 0 aliphatic rings. The van der Waals surface area contributed by atoms with Gasteiger partial charge in [0.25, 0.3) is 0 Å². The van der Waals surface area contributed by atoms with Gasteiger partial charge < -0.3 is 28.8 Å². The second-order valence-corrected chi connectivity index (χ2v) is 6.59. The minimum absolute atomic E-state index is 0. The highest BCUT2D eigenvalue weighted by molar-refractivity contribution is 5.92. The molecule has 0 amide bonds. The zero-order valence-electron chi connectivity index (χ0n) is 18.1. The minimum Gasteiger partial charge on any atom is -0.504 e. The largest absolute Gasteiger partial charge is 0.504 e. The van der Waals surface area contributed by atoms with Gasteiger partial charge in [-0.25, -0.2) is 0 Å². The van der Waals surface area contributed by atoms with Crippen molar-refractivity contribution in [2.24, 2.45) is 0 Å². The molecule has 168 valence electrons. The lowest BCUT2D eigenvalue weighted by Gasteiger charge is -2.16. The maximum atomic E-state index is 10.5. The average Bonchev–Trinajstić information content (AvgIpc) is 2.76. The van der Waals surface area contributed by atoms with Crippen molar-refractivity contribution in [1.29, 1.82) is 0 Å². The number of hydrogen-bond acceptors (Lipinski definition) is 7. The first-order valence-electron chi connectivity index (χ1n) is 9.70. The average molecular weight is 450 g/mol. The molecule has 0 saturated heterocycles. The fourth-order valence-electron chi connectivity index (χ4n) is 3.31. The highest BCUT2D eigenvalue weighted by atomic mass is 35.5. The van der Waals surface area contributed by atoms with Gasteiger partial charge in [-0.15, -0.1) is 12.4 Å². The summed E-state index contributed by atoms with van der Waals surface area (Å²) in [7, 11) is 4.80. The minimum atomic E-state index is 0. The normalized spacial score (nSPS) is 10.5. The molecular formula is C23H28ClNO6. The van der Waals surface area contributed by atoms with E-state index in [-0.39, 0.29) is 18.2 Å². The van der Waals surface area contributed by atoms with Gasteiger partial charge in [-0.3, -0.25) is 4.98 Å². The fraction of sp³-hybridized carbons (Fsp3) is 0.348. The first-order chi connectivity index (χ1) is 14.6. The summed E-state index contributed by atoms with van der Waals surface area (Å²) >= 11 is 0. The van der Waals surface area contributed by atoms with E-state index in [1.54, 1.807) is 39.8 Å². The predicted octanol–water partition coefficient (Wildman–Crippen LogP) is 4.39. The van der Waals surface area contributed by atoms with Crippen LogP contribution >= 0.6 is 12.4 Å². The molecule has 2 aromatic carbocycles. The van der Waals surface area contributed by atoms with Crippen LogP contribution in [0.4, 0.5) is 0 Å². The zero-order valence-corrected chi connectivity index (χ0v) is 19.0. The van der Waals surface area contributed by atoms with E-state index in [1.165, 1.54) is 0 Å². The standard InChI is InChI=1S/C23H27NO6.ClH/c1-5-29-19-7-6-17-16(13-24-14-18(17)22(19)25)10-15-11-20(27-3)23(21(12-15)28-4)30-9-8-26-2;/h6-7,11-14,25H,5,8-10H2,1-4H3;1H. The number of benzene rings is 2. The van der Waals surface area contributed by atoms with Crippen LogP contribution in [-0.2, 0) is 11.2 Å². The van der Waals surface area contributed by atoms with E-state index in [1.807, 2.05) is 25.1 Å². The molecule has 1 aromatic heterocycles. The van der Waals surface area contributed by atoms with E-state index in [9.17, 15) is 5.11 Å². The third-order valence-electron chi connectivity index (χ3n) is 4.71. The van der Waals surface area contributed by atoms with Crippen LogP contribution in [0, 0.1) is 0 Å². The Morgan fingerprint density at radius 3 is 2.19 bits per heavy atom. The van der Waals surface area contributed by atoms with Crippen LogP contribution in [-0.4, -0.2) is 51.2 Å². The molecule has 8 heteroatoms. The number of ether oxygens (including phenoxy) is 5. The van der Waals surface area contributed by atoms with Crippen molar-refractivity contribution in [3.05, 3.63) is 47.8 Å². The van der Waals surface area contributed by atoms with Crippen molar-refractivity contribution in [2.75, 3.05) is 41.2 Å². The van der Waals surface area contributed by atoms with Crippen molar-refractivity contribution in [1.82, 2.24) is 4.98 Å². The van der Waals surface area contributed by atoms with Crippen molar-refractivity contribution >= 4 is 23.2 Å². The van der Waals surface area contributed by atoms with E-state index in [2.05, 4.69) is 4.98 Å². The molecule has 1 N–H and O–H groups in total. The van der Waals surface area contributed by atoms with Crippen molar-refractivity contribution in [3.8, 4) is 28.7 Å². The SMILES string of the molecule is CCOc1ccc2c(Cc3cc(OC)c(OCCOC)c(OC)c3)cncc2c1O.Cl. The van der Waals surface area contributed by atoms with Crippen LogP contribution in [0.5, 0.6) is 28.7 Å². The van der Waals surface area contributed by atoms with Crippen LogP contribution < -0.4 is 18.9 Å². The number of aromatic nitrogens is 1. The molecule has 0 radical (unpaired) electrons. The summed E-state index contributed by atoms with van der Waals surface area (Å²) in [6, 6.07) is 7.54. The number of phenols is 1. The maximum absolute atomic E-state index is 10.5. The number of halogens is 1. The summed E-state index contributed by atoms with van der Waals surface area (Å²) in [5.41, 5.74) is 1.92. The second-order valence-electron chi connectivity index (χ2n) is 6.59. The Morgan fingerprint density at radius 2 is 1.58 bits per heavy atom. The Morgan fingerprint density at radius 1 is 0.871 bits per heavy atom. The molecule has 0 bridgehead atoms. The van der Waals surface area contributed by atoms with Gasteiger partial charge in [-0.2, -0.15) is 0 Å². The van der Waals surface area contributed by atoms with E-state index in [0.29, 0.717) is 54.6 Å². The lowest BCUT2D eigenvalue weighted by atomic mass is 9.99.